The predicted molar refractivity (Wildman–Crippen MR) is 151 cm³/mol. The molecule has 2 unspecified atom stereocenters. The van der Waals surface area contributed by atoms with Crippen LogP contribution in [0.3, 0.4) is 0 Å². The van der Waals surface area contributed by atoms with Crippen molar-refractivity contribution in [2.24, 2.45) is 16.5 Å². The molecule has 0 saturated heterocycles. The lowest BCUT2D eigenvalue weighted by Crippen LogP contribution is -2.43. The number of carbonyl (C=O) groups excluding carboxylic acids is 1. The van der Waals surface area contributed by atoms with Crippen molar-refractivity contribution >= 4 is 46.3 Å². The van der Waals surface area contributed by atoms with Crippen LogP contribution >= 0.6 is 11.8 Å². The van der Waals surface area contributed by atoms with E-state index in [0.717, 1.165) is 42.2 Å². The minimum absolute atomic E-state index is 0.0389. The van der Waals surface area contributed by atoms with Crippen molar-refractivity contribution in [1.82, 2.24) is 15.3 Å². The molecule has 1 aliphatic carbocycles. The average Bonchev–Trinajstić information content (AvgIpc) is 2.89. The van der Waals surface area contributed by atoms with E-state index in [0.29, 0.717) is 17.1 Å². The van der Waals surface area contributed by atoms with Gasteiger partial charge in [0, 0.05) is 16.9 Å². The summed E-state index contributed by atoms with van der Waals surface area (Å²) in [5.41, 5.74) is 14.0. The number of carboxylic acids is 1. The number of hydrogen-bond acceptors (Lipinski definition) is 7. The molecule has 1 aliphatic rings. The highest BCUT2D eigenvalue weighted by Crippen LogP contribution is 2.28. The molecule has 0 radical (unpaired) electrons. The van der Waals surface area contributed by atoms with Gasteiger partial charge in [-0.3, -0.25) is 4.79 Å². The number of carboxylic acid groups (broad SMARTS) is 1. The maximum absolute atomic E-state index is 13.2. The molecule has 10 nitrogen and oxygen atoms in total. The normalized spacial score (nSPS) is 17.9. The molecule has 7 N–H and O–H groups in total. The molecule has 1 heterocycles. The van der Waals surface area contributed by atoms with Crippen molar-refractivity contribution in [3.8, 4) is 0 Å². The van der Waals surface area contributed by atoms with Gasteiger partial charge in [-0.25, -0.2) is 19.8 Å². The zero-order chi connectivity index (χ0) is 27.1. The van der Waals surface area contributed by atoms with Gasteiger partial charge in [0.1, 0.15) is 11.9 Å². The molecular formula is C27H33N7O3S. The summed E-state index contributed by atoms with van der Waals surface area (Å²) in [5, 5.41) is 16.5. The Balaban J connectivity index is 1.55. The zero-order valence-electron chi connectivity index (χ0n) is 21.3. The molecule has 0 spiro atoms. The Morgan fingerprint density at radius 3 is 2.63 bits per heavy atom. The molecule has 1 amide bonds. The summed E-state index contributed by atoms with van der Waals surface area (Å²) in [6.45, 7) is 1.97. The summed E-state index contributed by atoms with van der Waals surface area (Å²) in [6, 6.07) is 14.2. The quantitative estimate of drug-likeness (QED) is 0.193. The third-order valence-electron chi connectivity index (χ3n) is 6.42. The minimum atomic E-state index is -1.11. The van der Waals surface area contributed by atoms with Crippen LogP contribution in [0.4, 0.5) is 5.82 Å². The molecule has 1 fully saturated rings. The van der Waals surface area contributed by atoms with E-state index in [-0.39, 0.29) is 29.6 Å². The van der Waals surface area contributed by atoms with Gasteiger partial charge in [0.15, 0.2) is 5.96 Å². The van der Waals surface area contributed by atoms with Crippen LogP contribution in [0.25, 0.3) is 10.9 Å². The highest BCUT2D eigenvalue weighted by molar-refractivity contribution is 7.98. The third-order valence-corrected chi connectivity index (χ3v) is 7.53. The number of fused-ring (bicyclic) bond motifs is 1. The predicted octanol–water partition coefficient (Wildman–Crippen LogP) is 3.05. The van der Waals surface area contributed by atoms with Gasteiger partial charge < -0.3 is 27.2 Å². The second kappa shape index (κ2) is 12.6. The minimum Gasteiger partial charge on any atom is -0.480 e. The number of nitrogens with one attached hydrogen (secondary N) is 2. The number of aryl methyl sites for hydroxylation is 1. The average molecular weight is 536 g/mol. The van der Waals surface area contributed by atoms with Crippen LogP contribution < -0.4 is 22.1 Å². The number of hydrogen-bond donors (Lipinski definition) is 5. The van der Waals surface area contributed by atoms with Crippen LogP contribution in [0.5, 0.6) is 0 Å². The van der Waals surface area contributed by atoms with Crippen molar-refractivity contribution in [1.29, 1.82) is 0 Å². The van der Waals surface area contributed by atoms with E-state index < -0.39 is 17.9 Å². The summed E-state index contributed by atoms with van der Waals surface area (Å²) in [6.07, 6.45) is 3.73. The number of nitrogens with two attached hydrogens (primary N) is 2. The van der Waals surface area contributed by atoms with E-state index in [2.05, 4.69) is 25.6 Å². The number of nitrogens with zero attached hydrogens (tertiary/aromatic N) is 3. The van der Waals surface area contributed by atoms with Crippen molar-refractivity contribution in [3.05, 3.63) is 65.5 Å². The number of aliphatic imine (C=N–C) groups is 1. The zero-order valence-corrected chi connectivity index (χ0v) is 22.1. The first-order valence-electron chi connectivity index (χ1n) is 12.6. The maximum atomic E-state index is 13.2. The molecular weight excluding hydrogens is 502 g/mol. The first-order valence-corrected chi connectivity index (χ1v) is 13.7. The van der Waals surface area contributed by atoms with Crippen LogP contribution in [0.15, 0.2) is 53.5 Å². The van der Waals surface area contributed by atoms with Gasteiger partial charge in [0.05, 0.1) is 17.6 Å². The summed E-state index contributed by atoms with van der Waals surface area (Å²) in [7, 11) is 0. The molecule has 3 atom stereocenters. The maximum Gasteiger partial charge on any atom is 0.327 e. The first-order chi connectivity index (χ1) is 18.3. The number of aliphatic carboxylic acids is 1. The Kier molecular flexibility index (Phi) is 9.01. The fraction of sp³-hybridized carbons (Fsp3) is 0.370. The van der Waals surface area contributed by atoms with E-state index in [9.17, 15) is 14.7 Å². The van der Waals surface area contributed by atoms with E-state index in [1.807, 2.05) is 55.5 Å². The molecule has 1 saturated carbocycles. The molecule has 3 aromatic rings. The molecule has 11 heteroatoms. The summed E-state index contributed by atoms with van der Waals surface area (Å²) >= 11 is 1.43. The van der Waals surface area contributed by atoms with Crippen LogP contribution in [0, 0.1) is 6.92 Å². The number of benzene rings is 2. The molecule has 4 rings (SSSR count). The molecule has 0 bridgehead atoms. The smallest absolute Gasteiger partial charge is 0.327 e. The summed E-state index contributed by atoms with van der Waals surface area (Å²) < 4.78 is 0. The van der Waals surface area contributed by atoms with Gasteiger partial charge in [-0.2, -0.15) is 11.8 Å². The Morgan fingerprint density at radius 1 is 1.13 bits per heavy atom. The SMILES string of the molecule is Cc1ccc2nc(C(=O)N[C@@H](CSCc3ccccc3)C(=O)O)nc(NC3CCCCC3N=C(N)N)c2c1. The Labute approximate surface area is 225 Å². The monoisotopic (exact) mass is 535 g/mol. The van der Waals surface area contributed by atoms with E-state index >= 15 is 0 Å². The first kappa shape index (κ1) is 27.2. The number of anilines is 1. The second-order valence-corrected chi connectivity index (χ2v) is 10.5. The van der Waals surface area contributed by atoms with Gasteiger partial charge in [-0.15, -0.1) is 0 Å². The number of guanidine groups is 1. The van der Waals surface area contributed by atoms with Gasteiger partial charge in [-0.1, -0.05) is 54.8 Å². The van der Waals surface area contributed by atoms with Gasteiger partial charge in [-0.05, 0) is 37.5 Å². The fourth-order valence-electron chi connectivity index (χ4n) is 4.52. The van der Waals surface area contributed by atoms with E-state index in [4.69, 9.17) is 11.5 Å². The van der Waals surface area contributed by atoms with Crippen LogP contribution in [0.1, 0.15) is 47.4 Å². The van der Waals surface area contributed by atoms with Crippen molar-refractivity contribution in [2.75, 3.05) is 11.1 Å². The van der Waals surface area contributed by atoms with Crippen molar-refractivity contribution in [2.45, 2.75) is 56.5 Å². The molecule has 38 heavy (non-hydrogen) atoms. The van der Waals surface area contributed by atoms with Crippen molar-refractivity contribution in [3.63, 3.8) is 0 Å². The summed E-state index contributed by atoms with van der Waals surface area (Å²) in [5.74, 6) is -0.482. The number of aromatic nitrogens is 2. The number of rotatable bonds is 10. The lowest BCUT2D eigenvalue weighted by atomic mass is 9.90. The second-order valence-electron chi connectivity index (χ2n) is 9.44. The standard InChI is InChI=1S/C27H33N7O3S/c1-16-11-12-19-18(13-16)23(31-20-9-5-6-10-21(20)33-27(28)29)34-24(30-19)25(35)32-22(26(36)37)15-38-14-17-7-3-2-4-8-17/h2-4,7-8,11-13,20-22H,5-6,9-10,14-15H2,1H3,(H,32,35)(H,36,37)(H4,28,29,33)(H,30,31,34)/t20?,21?,22-/m0/s1. The number of thioether (sulfide) groups is 1. The van der Waals surface area contributed by atoms with E-state index in [1.165, 1.54) is 11.8 Å². The highest BCUT2D eigenvalue weighted by Gasteiger charge is 2.27. The topological polar surface area (TPSA) is 169 Å². The van der Waals surface area contributed by atoms with E-state index in [1.54, 1.807) is 0 Å². The van der Waals surface area contributed by atoms with Crippen LogP contribution in [0.2, 0.25) is 0 Å². The van der Waals surface area contributed by atoms with Gasteiger partial charge >= 0.3 is 5.97 Å². The summed E-state index contributed by atoms with van der Waals surface area (Å²) in [4.78, 5) is 38.5. The lowest BCUT2D eigenvalue weighted by molar-refractivity contribution is -0.138. The van der Waals surface area contributed by atoms with Crippen molar-refractivity contribution < 1.29 is 14.7 Å². The Bertz CT molecular complexity index is 1310. The molecule has 2 aromatic carbocycles. The van der Waals surface area contributed by atoms with Gasteiger partial charge in [0.25, 0.3) is 5.91 Å². The third kappa shape index (κ3) is 7.12. The Hall–Kier alpha value is -3.86. The van der Waals surface area contributed by atoms with Gasteiger partial charge in [0.2, 0.25) is 5.82 Å². The Morgan fingerprint density at radius 2 is 1.89 bits per heavy atom. The largest absolute Gasteiger partial charge is 0.480 e. The number of amides is 1. The molecule has 1 aromatic heterocycles. The lowest BCUT2D eigenvalue weighted by Gasteiger charge is -2.30. The van der Waals surface area contributed by atoms with Crippen LogP contribution in [-0.4, -0.2) is 56.8 Å². The highest BCUT2D eigenvalue weighted by atomic mass is 32.2. The molecule has 0 aliphatic heterocycles. The molecule has 200 valence electrons. The fourth-order valence-corrected chi connectivity index (χ4v) is 5.53. The van der Waals surface area contributed by atoms with Crippen LogP contribution in [-0.2, 0) is 10.5 Å². The number of carbonyl (C=O) groups is 2.